The van der Waals surface area contributed by atoms with Crippen molar-refractivity contribution in [1.29, 1.82) is 0 Å². The molecule has 1 saturated heterocycles. The lowest BCUT2D eigenvalue weighted by Gasteiger charge is -2.11. The fourth-order valence-electron chi connectivity index (χ4n) is 1.79. The minimum absolute atomic E-state index is 0.462. The normalized spacial score (nSPS) is 20.0. The molecule has 1 fully saturated rings. The van der Waals surface area contributed by atoms with Crippen LogP contribution in [0.2, 0.25) is 0 Å². The van der Waals surface area contributed by atoms with Crippen molar-refractivity contribution in [2.24, 2.45) is 0 Å². The third-order valence-corrected chi connectivity index (χ3v) is 3.94. The summed E-state index contributed by atoms with van der Waals surface area (Å²) in [5.41, 5.74) is 0.948. The number of nitrogens with one attached hydrogen (secondary N) is 1. The average Bonchev–Trinajstić information content (AvgIpc) is 2.82. The molecule has 1 unspecified atom stereocenters. The van der Waals surface area contributed by atoms with Gasteiger partial charge < -0.3 is 10.1 Å². The lowest BCUT2D eigenvalue weighted by atomic mass is 10.2. The summed E-state index contributed by atoms with van der Waals surface area (Å²) in [7, 11) is 3.57. The van der Waals surface area contributed by atoms with Crippen LogP contribution in [0.3, 0.4) is 0 Å². The zero-order chi connectivity index (χ0) is 11.4. The maximum atomic E-state index is 5.12. The summed E-state index contributed by atoms with van der Waals surface area (Å²) in [5.74, 6) is 3.04. The molecule has 2 heterocycles. The Morgan fingerprint density at radius 3 is 3.06 bits per heavy atom. The third-order valence-electron chi connectivity index (χ3n) is 2.56. The lowest BCUT2D eigenvalue weighted by molar-refractivity contribution is 0.181. The number of rotatable bonds is 4. The number of ether oxygens (including phenoxy) is 1. The van der Waals surface area contributed by atoms with E-state index in [2.05, 4.69) is 15.3 Å². The number of thioether (sulfide) groups is 1. The van der Waals surface area contributed by atoms with E-state index in [9.17, 15) is 0 Å². The molecular weight excluding hydrogens is 222 g/mol. The Balaban J connectivity index is 2.24. The molecule has 4 nitrogen and oxygen atoms in total. The summed E-state index contributed by atoms with van der Waals surface area (Å²) in [6.07, 6.45) is 2.45. The summed E-state index contributed by atoms with van der Waals surface area (Å²) in [6.45, 7) is 0.543. The molecule has 0 saturated carbocycles. The molecular formula is C11H17N3OS. The van der Waals surface area contributed by atoms with E-state index in [1.54, 1.807) is 7.11 Å². The molecule has 1 aromatic rings. The van der Waals surface area contributed by atoms with Crippen LogP contribution in [0.25, 0.3) is 0 Å². The molecule has 1 aliphatic rings. The van der Waals surface area contributed by atoms with Crippen LogP contribution in [0.15, 0.2) is 6.07 Å². The van der Waals surface area contributed by atoms with Crippen molar-refractivity contribution in [3.05, 3.63) is 17.6 Å². The average molecular weight is 239 g/mol. The number of hydrogen-bond donors (Lipinski definition) is 1. The van der Waals surface area contributed by atoms with Gasteiger partial charge in [-0.1, -0.05) is 0 Å². The predicted octanol–water partition coefficient (Wildman–Crippen LogP) is 2.23. The van der Waals surface area contributed by atoms with E-state index in [4.69, 9.17) is 4.74 Å². The van der Waals surface area contributed by atoms with Gasteiger partial charge in [-0.25, -0.2) is 9.97 Å². The second-order valence-electron chi connectivity index (χ2n) is 3.79. The number of hydrogen-bond acceptors (Lipinski definition) is 5. The second kappa shape index (κ2) is 5.50. The Morgan fingerprint density at radius 2 is 2.44 bits per heavy atom. The smallest absolute Gasteiger partial charge is 0.144 e. The van der Waals surface area contributed by atoms with Gasteiger partial charge in [0.05, 0.1) is 17.6 Å². The fraction of sp³-hybridized carbons (Fsp3) is 0.636. The summed E-state index contributed by atoms with van der Waals surface area (Å²) in [5, 5.41) is 3.54. The zero-order valence-electron chi connectivity index (χ0n) is 9.69. The van der Waals surface area contributed by atoms with E-state index in [-0.39, 0.29) is 0 Å². The minimum Gasteiger partial charge on any atom is -0.378 e. The Labute approximate surface area is 100 Å². The van der Waals surface area contributed by atoms with Gasteiger partial charge in [0.15, 0.2) is 0 Å². The van der Waals surface area contributed by atoms with Crippen LogP contribution < -0.4 is 5.32 Å². The summed E-state index contributed by atoms with van der Waals surface area (Å²) in [4.78, 5) is 9.07. The lowest BCUT2D eigenvalue weighted by Crippen LogP contribution is -2.06. The van der Waals surface area contributed by atoms with Crippen LogP contribution in [0, 0.1) is 0 Å². The second-order valence-corrected chi connectivity index (χ2v) is 5.10. The van der Waals surface area contributed by atoms with Crippen LogP contribution in [-0.2, 0) is 11.3 Å². The fourth-order valence-corrected chi connectivity index (χ4v) is 3.00. The van der Waals surface area contributed by atoms with Crippen LogP contribution in [0.4, 0.5) is 5.82 Å². The van der Waals surface area contributed by atoms with Crippen molar-refractivity contribution in [3.63, 3.8) is 0 Å². The molecule has 0 bridgehead atoms. The Hall–Kier alpha value is -0.810. The van der Waals surface area contributed by atoms with E-state index in [1.807, 2.05) is 24.9 Å². The third kappa shape index (κ3) is 2.65. The molecule has 2 rings (SSSR count). The van der Waals surface area contributed by atoms with E-state index >= 15 is 0 Å². The number of methoxy groups -OCH3 is 1. The summed E-state index contributed by atoms with van der Waals surface area (Å²) in [6, 6.07) is 1.94. The van der Waals surface area contributed by atoms with Crippen molar-refractivity contribution in [2.75, 3.05) is 25.2 Å². The number of nitrogens with zero attached hydrogens (tertiary/aromatic N) is 2. The molecule has 0 radical (unpaired) electrons. The Kier molecular flexibility index (Phi) is 4.01. The first-order chi connectivity index (χ1) is 7.83. The predicted molar refractivity (Wildman–Crippen MR) is 66.7 cm³/mol. The highest BCUT2D eigenvalue weighted by Crippen LogP contribution is 2.38. The van der Waals surface area contributed by atoms with Gasteiger partial charge in [-0.15, -0.1) is 0 Å². The summed E-state index contributed by atoms with van der Waals surface area (Å²) < 4.78 is 5.12. The minimum atomic E-state index is 0.462. The van der Waals surface area contributed by atoms with Gasteiger partial charge in [0.2, 0.25) is 0 Å². The van der Waals surface area contributed by atoms with Crippen LogP contribution >= 0.6 is 11.8 Å². The maximum absolute atomic E-state index is 5.12. The van der Waals surface area contributed by atoms with E-state index in [1.165, 1.54) is 18.6 Å². The maximum Gasteiger partial charge on any atom is 0.144 e. The molecule has 0 amide bonds. The highest BCUT2D eigenvalue weighted by atomic mass is 32.2. The van der Waals surface area contributed by atoms with Crippen molar-refractivity contribution in [2.45, 2.75) is 24.7 Å². The van der Waals surface area contributed by atoms with Crippen molar-refractivity contribution in [3.8, 4) is 0 Å². The van der Waals surface area contributed by atoms with Gasteiger partial charge >= 0.3 is 0 Å². The largest absolute Gasteiger partial charge is 0.378 e. The van der Waals surface area contributed by atoms with Gasteiger partial charge in [-0.05, 0) is 18.6 Å². The molecule has 16 heavy (non-hydrogen) atoms. The van der Waals surface area contributed by atoms with E-state index in [0.29, 0.717) is 11.9 Å². The monoisotopic (exact) mass is 239 g/mol. The topological polar surface area (TPSA) is 47.0 Å². The first-order valence-corrected chi connectivity index (χ1v) is 6.54. The first-order valence-electron chi connectivity index (χ1n) is 5.49. The van der Waals surface area contributed by atoms with Gasteiger partial charge in [0.1, 0.15) is 11.6 Å². The van der Waals surface area contributed by atoms with Gasteiger partial charge in [0, 0.05) is 20.2 Å². The molecule has 0 aliphatic carbocycles. The van der Waals surface area contributed by atoms with Crippen molar-refractivity contribution < 1.29 is 4.74 Å². The highest BCUT2D eigenvalue weighted by molar-refractivity contribution is 7.99. The molecule has 88 valence electrons. The van der Waals surface area contributed by atoms with Gasteiger partial charge in [-0.3, -0.25) is 0 Å². The standard InChI is InChI=1S/C11H17N3OS/c1-12-10-6-8(7-15-2)13-11(14-10)9-4-3-5-16-9/h6,9H,3-5,7H2,1-2H3,(H,12,13,14). The van der Waals surface area contributed by atoms with Crippen molar-refractivity contribution >= 4 is 17.6 Å². The van der Waals surface area contributed by atoms with Gasteiger partial charge in [-0.2, -0.15) is 11.8 Å². The number of anilines is 1. The Bertz CT molecular complexity index is 353. The molecule has 0 aromatic carbocycles. The molecule has 1 aliphatic heterocycles. The molecule has 1 atom stereocenters. The van der Waals surface area contributed by atoms with Crippen LogP contribution in [0.5, 0.6) is 0 Å². The van der Waals surface area contributed by atoms with E-state index < -0.39 is 0 Å². The van der Waals surface area contributed by atoms with Crippen molar-refractivity contribution in [1.82, 2.24) is 9.97 Å². The molecule has 5 heteroatoms. The zero-order valence-corrected chi connectivity index (χ0v) is 10.5. The SMILES string of the molecule is CNc1cc(COC)nc(C2CCCS2)n1. The van der Waals surface area contributed by atoms with E-state index in [0.717, 1.165) is 17.3 Å². The molecule has 1 aromatic heterocycles. The molecule has 1 N–H and O–H groups in total. The first kappa shape index (κ1) is 11.7. The quantitative estimate of drug-likeness (QED) is 0.873. The van der Waals surface area contributed by atoms with Crippen LogP contribution in [0.1, 0.15) is 29.6 Å². The highest BCUT2D eigenvalue weighted by Gasteiger charge is 2.21. The Morgan fingerprint density at radius 1 is 1.56 bits per heavy atom. The van der Waals surface area contributed by atoms with Gasteiger partial charge in [0.25, 0.3) is 0 Å². The number of aromatic nitrogens is 2. The summed E-state index contributed by atoms with van der Waals surface area (Å²) >= 11 is 1.95. The van der Waals surface area contributed by atoms with Crippen LogP contribution in [-0.4, -0.2) is 29.9 Å². The molecule has 0 spiro atoms.